The van der Waals surface area contributed by atoms with E-state index in [0.717, 1.165) is 81.5 Å². The number of hydrogen-bond acceptors (Lipinski definition) is 9. The molecule has 6 aromatic rings. The van der Waals surface area contributed by atoms with Crippen molar-refractivity contribution in [2.45, 2.75) is 83.6 Å². The first-order chi connectivity index (χ1) is 32.3. The number of benzene rings is 3. The predicted octanol–water partition coefficient (Wildman–Crippen LogP) is 8.85. The number of halogens is 1. The first-order valence-electron chi connectivity index (χ1n) is 22.9. The predicted molar refractivity (Wildman–Crippen MR) is 253 cm³/mol. The molecule has 3 aromatic heterocycles. The molecular formula is C50H56ClN9O7. The number of fused-ring (bicyclic) bond motifs is 5. The highest BCUT2D eigenvalue weighted by Crippen LogP contribution is 2.50. The molecule has 0 aliphatic carbocycles. The molecule has 2 saturated heterocycles. The Bertz CT molecular complexity index is 2850. The van der Waals surface area contributed by atoms with Crippen LogP contribution in [0.15, 0.2) is 73.1 Å². The highest BCUT2D eigenvalue weighted by atomic mass is 35.5. The van der Waals surface area contributed by atoms with E-state index in [2.05, 4.69) is 62.5 Å². The number of carbonyl (C=O) groups excluding carboxylic acids is 4. The van der Waals surface area contributed by atoms with Crippen LogP contribution in [0.25, 0.3) is 44.7 Å². The molecule has 3 aliphatic rings. The third-order valence-electron chi connectivity index (χ3n) is 13.5. The Balaban J connectivity index is 1.04. The van der Waals surface area contributed by atoms with E-state index in [1.807, 2.05) is 69.1 Å². The number of nitrogens with one attached hydrogen (secondary N) is 4. The van der Waals surface area contributed by atoms with Gasteiger partial charge in [0.05, 0.1) is 55.8 Å². The van der Waals surface area contributed by atoms with Gasteiger partial charge in [-0.1, -0.05) is 63.6 Å². The van der Waals surface area contributed by atoms with Gasteiger partial charge in [0.25, 0.3) is 0 Å². The van der Waals surface area contributed by atoms with Crippen LogP contribution in [-0.4, -0.2) is 97.7 Å². The van der Waals surface area contributed by atoms with Gasteiger partial charge >= 0.3 is 12.2 Å². The first-order valence-corrected chi connectivity index (χ1v) is 23.2. The number of methoxy groups -OCH3 is 2. The molecule has 3 aromatic carbocycles. The van der Waals surface area contributed by atoms with Crippen molar-refractivity contribution in [3.8, 4) is 39.5 Å². The van der Waals surface area contributed by atoms with Gasteiger partial charge in [-0.2, -0.15) is 0 Å². The Morgan fingerprint density at radius 1 is 0.746 bits per heavy atom. The minimum absolute atomic E-state index is 0.139. The van der Waals surface area contributed by atoms with Crippen LogP contribution in [0.5, 0.6) is 5.75 Å². The lowest BCUT2D eigenvalue weighted by molar-refractivity contribution is -0.136. The zero-order chi connectivity index (χ0) is 47.3. The van der Waals surface area contributed by atoms with Crippen molar-refractivity contribution < 1.29 is 33.4 Å². The van der Waals surface area contributed by atoms with Gasteiger partial charge in [0.2, 0.25) is 11.8 Å². The van der Waals surface area contributed by atoms with Gasteiger partial charge in [0, 0.05) is 58.3 Å². The van der Waals surface area contributed by atoms with Gasteiger partial charge in [-0.3, -0.25) is 9.59 Å². The summed E-state index contributed by atoms with van der Waals surface area (Å²) in [6, 6.07) is 18.3. The number of ether oxygens (including phenoxy) is 3. The summed E-state index contributed by atoms with van der Waals surface area (Å²) in [5.41, 5.74) is 8.33. The molecule has 6 heterocycles. The zero-order valence-corrected chi connectivity index (χ0v) is 39.4. The number of nitrogens with zero attached hydrogens (tertiary/aromatic N) is 5. The number of rotatable bonds is 11. The number of amides is 4. The average Bonchev–Trinajstić information content (AvgIpc) is 4.19. The van der Waals surface area contributed by atoms with Gasteiger partial charge in [0.15, 0.2) is 6.10 Å². The summed E-state index contributed by atoms with van der Waals surface area (Å²) in [5, 5.41) is 7.08. The second-order valence-corrected chi connectivity index (χ2v) is 18.7. The Labute approximate surface area is 393 Å². The second-order valence-electron chi connectivity index (χ2n) is 18.3. The second kappa shape index (κ2) is 18.5. The molecule has 1 unspecified atom stereocenters. The van der Waals surface area contributed by atoms with Crippen molar-refractivity contribution in [2.24, 2.45) is 18.9 Å². The summed E-state index contributed by atoms with van der Waals surface area (Å²) in [5.74, 6) is 1.46. The molecule has 9 rings (SSSR count). The quantitative estimate of drug-likeness (QED) is 0.0984. The first kappa shape index (κ1) is 45.4. The average molecular weight is 931 g/mol. The van der Waals surface area contributed by atoms with E-state index in [9.17, 15) is 19.2 Å². The van der Waals surface area contributed by atoms with Crippen LogP contribution in [0, 0.1) is 11.8 Å². The molecule has 0 saturated carbocycles. The van der Waals surface area contributed by atoms with Gasteiger partial charge < -0.3 is 49.2 Å². The minimum Gasteiger partial charge on any atom is -0.480 e. The number of aromatic nitrogens is 5. The summed E-state index contributed by atoms with van der Waals surface area (Å²) >= 11 is 6.42. The maximum absolute atomic E-state index is 13.8. The molecule has 0 spiro atoms. The van der Waals surface area contributed by atoms with Crippen molar-refractivity contribution in [3.63, 3.8) is 0 Å². The van der Waals surface area contributed by atoms with E-state index in [-0.39, 0.29) is 35.7 Å². The van der Waals surface area contributed by atoms with E-state index >= 15 is 0 Å². The number of imidazole rings is 2. The fourth-order valence-electron chi connectivity index (χ4n) is 9.96. The number of likely N-dealkylation sites (tertiary alicyclic amines) is 2. The van der Waals surface area contributed by atoms with Crippen molar-refractivity contribution in [1.29, 1.82) is 0 Å². The fraction of sp³-hybridized carbons (Fsp3) is 0.400. The van der Waals surface area contributed by atoms with Crippen LogP contribution in [-0.2, 0) is 26.1 Å². The smallest absolute Gasteiger partial charge is 0.407 e. The highest BCUT2D eigenvalue weighted by molar-refractivity contribution is 6.30. The van der Waals surface area contributed by atoms with Crippen LogP contribution >= 0.6 is 11.6 Å². The van der Waals surface area contributed by atoms with E-state index < -0.39 is 30.4 Å². The van der Waals surface area contributed by atoms with Crippen LogP contribution in [0.3, 0.4) is 0 Å². The van der Waals surface area contributed by atoms with Crippen molar-refractivity contribution in [3.05, 3.63) is 101 Å². The molecule has 3 aliphatic heterocycles. The van der Waals surface area contributed by atoms with Crippen molar-refractivity contribution in [1.82, 2.24) is 44.9 Å². The number of H-pyrrole nitrogens is 2. The monoisotopic (exact) mass is 929 g/mol. The van der Waals surface area contributed by atoms with Crippen LogP contribution in [0.4, 0.5) is 9.59 Å². The molecule has 350 valence electrons. The number of carbonyl (C=O) groups is 4. The summed E-state index contributed by atoms with van der Waals surface area (Å²) in [6.45, 7) is 8.71. The zero-order valence-electron chi connectivity index (χ0n) is 38.7. The Kier molecular flexibility index (Phi) is 12.5. The van der Waals surface area contributed by atoms with Gasteiger partial charge in [-0.15, -0.1) is 0 Å². The minimum atomic E-state index is -0.729. The standard InChI is InChI=1S/C50H56ClN9O7/c1-26(2)41(56-49(63)65-6)47(61)59-20-8-10-37(59)45-52-24-34(54-45)29-15-19-36-33(22-29)40-43(58(36)5)32-18-14-30(23-39(32)67-44(40)28-12-16-31(51)17-13-28)35-25-53-46(55-35)38-11-9-21-60(38)48(62)42(27(3)4)57-50(64)66-7/h12-19,22-27,37-38,41-42,44H,8-11,20-21H2,1-7H3,(H,52,54)(H,53,55)(H,56,63)(H,57,64)/t37-,38-,41-,42-,44?/m0/s1. The molecule has 0 bridgehead atoms. The lowest BCUT2D eigenvalue weighted by Gasteiger charge is -2.30. The van der Waals surface area contributed by atoms with Crippen molar-refractivity contribution >= 4 is 46.5 Å². The maximum atomic E-state index is 13.8. The number of alkyl carbamates (subject to hydrolysis) is 2. The maximum Gasteiger partial charge on any atom is 0.407 e. The Morgan fingerprint density at radius 3 is 1.79 bits per heavy atom. The normalized spacial score (nSPS) is 18.7. The third kappa shape index (κ3) is 8.47. The molecule has 0 radical (unpaired) electrons. The number of aryl methyl sites for hydroxylation is 1. The number of hydrogen-bond donors (Lipinski definition) is 4. The van der Waals surface area contributed by atoms with Crippen LogP contribution < -0.4 is 15.4 Å². The highest BCUT2D eigenvalue weighted by Gasteiger charge is 2.40. The van der Waals surface area contributed by atoms with E-state index in [1.54, 1.807) is 11.1 Å². The molecule has 4 N–H and O–H groups in total. The van der Waals surface area contributed by atoms with Crippen LogP contribution in [0.1, 0.15) is 94.3 Å². The molecule has 17 heteroatoms. The molecule has 67 heavy (non-hydrogen) atoms. The van der Waals surface area contributed by atoms with Gasteiger partial charge in [-0.25, -0.2) is 19.6 Å². The third-order valence-corrected chi connectivity index (χ3v) is 13.7. The topological polar surface area (TPSA) is 189 Å². The fourth-order valence-corrected chi connectivity index (χ4v) is 10.1. The van der Waals surface area contributed by atoms with E-state index in [1.165, 1.54) is 14.2 Å². The lowest BCUT2D eigenvalue weighted by Crippen LogP contribution is -2.51. The molecule has 5 atom stereocenters. The SMILES string of the molecule is COC(=O)N[C@H](C(=O)N1CCC[C@H]1c1ncc(-c2ccc3c(c2)OC(c2ccc(Cl)cc2)c2c-3n(C)c3ccc(-c4cnc([C@@H]5CCCN5C(=O)[C@@H](NC(=O)OC)C(C)C)[nH]4)cc23)[nH]1)C(C)C. The lowest BCUT2D eigenvalue weighted by atomic mass is 9.91. The number of aromatic amines is 2. The Hall–Kier alpha value is -6.81. The van der Waals surface area contributed by atoms with Crippen molar-refractivity contribution in [2.75, 3.05) is 27.3 Å². The molecule has 4 amide bonds. The summed E-state index contributed by atoms with van der Waals surface area (Å²) in [4.78, 5) is 72.2. The van der Waals surface area contributed by atoms with E-state index in [4.69, 9.17) is 35.8 Å². The van der Waals surface area contributed by atoms with Gasteiger partial charge in [-0.05, 0) is 79.5 Å². The van der Waals surface area contributed by atoms with Crippen LogP contribution in [0.2, 0.25) is 5.02 Å². The molecule has 16 nitrogen and oxygen atoms in total. The summed E-state index contributed by atoms with van der Waals surface area (Å²) in [7, 11) is 4.65. The molecular weight excluding hydrogens is 874 g/mol. The molecule has 2 fully saturated rings. The van der Waals surface area contributed by atoms with E-state index in [0.29, 0.717) is 35.5 Å². The Morgan fingerprint density at radius 2 is 1.27 bits per heavy atom. The summed E-state index contributed by atoms with van der Waals surface area (Å²) < 4.78 is 18.9. The summed E-state index contributed by atoms with van der Waals surface area (Å²) in [6.07, 6.45) is 4.95. The largest absolute Gasteiger partial charge is 0.480 e. The van der Waals surface area contributed by atoms with Gasteiger partial charge in [0.1, 0.15) is 29.5 Å².